The molecule has 1 aliphatic carbocycles. The topological polar surface area (TPSA) is 45.8 Å². The lowest BCUT2D eigenvalue weighted by atomic mass is 9.89. The number of hydrogen-bond acceptors (Lipinski definition) is 2. The molecule has 0 aromatic carbocycles. The highest BCUT2D eigenvalue weighted by atomic mass is 19.3. The van der Waals surface area contributed by atoms with Crippen molar-refractivity contribution < 1.29 is 8.78 Å². The fourth-order valence-electron chi connectivity index (χ4n) is 1.80. The molecule has 0 unspecified atom stereocenters. The van der Waals surface area contributed by atoms with E-state index in [1.54, 1.807) is 6.92 Å². The molecule has 1 N–H and O–H groups in total. The first-order valence-corrected chi connectivity index (χ1v) is 4.44. The minimum absolute atomic E-state index is 0.189. The third-order valence-corrected chi connectivity index (χ3v) is 2.58. The molecule has 1 aromatic rings. The van der Waals surface area contributed by atoms with Crippen molar-refractivity contribution >= 4 is 0 Å². The van der Waals surface area contributed by atoms with E-state index >= 15 is 0 Å². The predicted molar refractivity (Wildman–Crippen MR) is 46.6 cm³/mol. The van der Waals surface area contributed by atoms with Crippen molar-refractivity contribution in [3.63, 3.8) is 0 Å². The van der Waals surface area contributed by atoms with Crippen LogP contribution in [0.2, 0.25) is 0 Å². The molecule has 0 spiro atoms. The van der Waals surface area contributed by atoms with Crippen molar-refractivity contribution in [3.05, 3.63) is 27.2 Å². The average Bonchev–Trinajstić information content (AvgIpc) is 2.10. The lowest BCUT2D eigenvalue weighted by Gasteiger charge is -2.23. The van der Waals surface area contributed by atoms with Crippen molar-refractivity contribution in [3.8, 4) is 0 Å². The van der Waals surface area contributed by atoms with Gasteiger partial charge in [0.1, 0.15) is 0 Å². The summed E-state index contributed by atoms with van der Waals surface area (Å²) in [6.07, 6.45) is -0.405. The summed E-state index contributed by atoms with van der Waals surface area (Å²) in [6, 6.07) is 0. The molecule has 0 saturated heterocycles. The molecule has 3 nitrogen and oxygen atoms in total. The van der Waals surface area contributed by atoms with Crippen molar-refractivity contribution in [1.29, 1.82) is 0 Å². The number of nitrogens with one attached hydrogen (secondary N) is 1. The smallest absolute Gasteiger partial charge is 0.267 e. The lowest BCUT2D eigenvalue weighted by molar-refractivity contribution is -0.0128. The number of fused-ring (bicyclic) bond motifs is 1. The van der Waals surface area contributed by atoms with Crippen LogP contribution in [0.4, 0.5) is 8.78 Å². The monoisotopic (exact) mass is 200 g/mol. The highest BCUT2D eigenvalue weighted by Crippen LogP contribution is 2.31. The summed E-state index contributed by atoms with van der Waals surface area (Å²) < 4.78 is 26.0. The van der Waals surface area contributed by atoms with Gasteiger partial charge in [-0.15, -0.1) is 0 Å². The summed E-state index contributed by atoms with van der Waals surface area (Å²) in [5.41, 5.74) is 1.06. The standard InChI is InChI=1S/C9H10F2N2O/c1-5-6-2-3-9(10,11)4-7(6)8(14)13-12-5/h2-4H2,1H3,(H,13,14). The predicted octanol–water partition coefficient (Wildman–Crippen LogP) is 1.20. The average molecular weight is 200 g/mol. The zero-order valence-corrected chi connectivity index (χ0v) is 7.73. The molecule has 0 saturated carbocycles. The summed E-state index contributed by atoms with van der Waals surface area (Å²) in [5, 5.41) is 5.98. The van der Waals surface area contributed by atoms with Gasteiger partial charge in [-0.25, -0.2) is 13.9 Å². The van der Waals surface area contributed by atoms with E-state index in [2.05, 4.69) is 10.2 Å². The summed E-state index contributed by atoms with van der Waals surface area (Å²) in [7, 11) is 0. The number of aryl methyl sites for hydroxylation is 1. The van der Waals surface area contributed by atoms with Gasteiger partial charge < -0.3 is 0 Å². The maximum atomic E-state index is 13.0. The van der Waals surface area contributed by atoms with Crippen LogP contribution in [-0.2, 0) is 12.8 Å². The van der Waals surface area contributed by atoms with Gasteiger partial charge >= 0.3 is 0 Å². The quantitative estimate of drug-likeness (QED) is 0.684. The molecule has 0 fully saturated rings. The van der Waals surface area contributed by atoms with Gasteiger partial charge in [-0.05, 0) is 18.9 Å². The van der Waals surface area contributed by atoms with E-state index in [4.69, 9.17) is 0 Å². The molecular weight excluding hydrogens is 190 g/mol. The van der Waals surface area contributed by atoms with E-state index < -0.39 is 17.9 Å². The zero-order valence-electron chi connectivity index (χ0n) is 7.73. The highest BCUT2D eigenvalue weighted by molar-refractivity contribution is 5.30. The molecule has 0 amide bonds. The Bertz CT molecular complexity index is 425. The maximum absolute atomic E-state index is 13.0. The number of halogens is 2. The Labute approximate surface area is 79.2 Å². The number of nitrogens with zero attached hydrogens (tertiary/aromatic N) is 1. The number of H-pyrrole nitrogens is 1. The molecule has 1 aromatic heterocycles. The molecule has 0 bridgehead atoms. The molecule has 1 heterocycles. The van der Waals surface area contributed by atoms with Crippen molar-refractivity contribution in [2.45, 2.75) is 32.1 Å². The van der Waals surface area contributed by atoms with Crippen LogP contribution in [0.15, 0.2) is 4.79 Å². The van der Waals surface area contributed by atoms with Gasteiger partial charge in [0.15, 0.2) is 0 Å². The summed E-state index contributed by atoms with van der Waals surface area (Å²) >= 11 is 0. The molecule has 1 aliphatic rings. The normalized spacial score (nSPS) is 19.1. The first kappa shape index (κ1) is 9.30. The minimum Gasteiger partial charge on any atom is -0.268 e. The van der Waals surface area contributed by atoms with E-state index in [0.717, 1.165) is 0 Å². The Balaban J connectivity index is 2.57. The third kappa shape index (κ3) is 1.42. The molecule has 76 valence electrons. The molecule has 5 heteroatoms. The van der Waals surface area contributed by atoms with Crippen LogP contribution in [0.3, 0.4) is 0 Å². The number of rotatable bonds is 0. The zero-order chi connectivity index (χ0) is 10.3. The highest BCUT2D eigenvalue weighted by Gasteiger charge is 2.36. The van der Waals surface area contributed by atoms with Gasteiger partial charge in [0, 0.05) is 18.4 Å². The lowest BCUT2D eigenvalue weighted by Crippen LogP contribution is -2.32. The molecule has 14 heavy (non-hydrogen) atoms. The largest absolute Gasteiger partial charge is 0.268 e. The SMILES string of the molecule is Cc1n[nH]c(=O)c2c1CCC(F)(F)C2. The Kier molecular flexibility index (Phi) is 1.90. The third-order valence-electron chi connectivity index (χ3n) is 2.58. The fraction of sp³-hybridized carbons (Fsp3) is 0.556. The summed E-state index contributed by atoms with van der Waals surface area (Å²) in [6.45, 7) is 1.72. The van der Waals surface area contributed by atoms with Crippen LogP contribution in [0, 0.1) is 6.92 Å². The molecule has 0 radical (unpaired) electrons. The first-order chi connectivity index (χ1) is 6.49. The van der Waals surface area contributed by atoms with Gasteiger partial charge in [0.2, 0.25) is 0 Å². The van der Waals surface area contributed by atoms with E-state index in [0.29, 0.717) is 11.3 Å². The number of hydrogen-bond donors (Lipinski definition) is 1. The molecule has 0 aliphatic heterocycles. The van der Waals surface area contributed by atoms with Gasteiger partial charge in [-0.2, -0.15) is 5.10 Å². The molecular formula is C9H10F2N2O. The molecule has 2 rings (SSSR count). The van der Waals surface area contributed by atoms with Crippen LogP contribution in [0.5, 0.6) is 0 Å². The van der Waals surface area contributed by atoms with Crippen molar-refractivity contribution in [1.82, 2.24) is 10.2 Å². The number of aromatic amines is 1. The van der Waals surface area contributed by atoms with E-state index in [1.807, 2.05) is 0 Å². The van der Waals surface area contributed by atoms with Crippen molar-refractivity contribution in [2.24, 2.45) is 0 Å². The second-order valence-electron chi connectivity index (χ2n) is 3.63. The minimum atomic E-state index is -2.74. The van der Waals surface area contributed by atoms with Crippen LogP contribution in [0.1, 0.15) is 23.2 Å². The van der Waals surface area contributed by atoms with E-state index in [9.17, 15) is 13.6 Å². The number of aromatic nitrogens is 2. The van der Waals surface area contributed by atoms with Crippen molar-refractivity contribution in [2.75, 3.05) is 0 Å². The van der Waals surface area contributed by atoms with Crippen LogP contribution in [0.25, 0.3) is 0 Å². The Morgan fingerprint density at radius 2 is 2.14 bits per heavy atom. The van der Waals surface area contributed by atoms with Crippen LogP contribution < -0.4 is 5.56 Å². The van der Waals surface area contributed by atoms with Gasteiger partial charge in [0.05, 0.1) is 5.69 Å². The number of alkyl halides is 2. The maximum Gasteiger partial charge on any atom is 0.267 e. The fourth-order valence-corrected chi connectivity index (χ4v) is 1.80. The Morgan fingerprint density at radius 3 is 2.86 bits per heavy atom. The van der Waals surface area contributed by atoms with Crippen LogP contribution in [-0.4, -0.2) is 16.1 Å². The second-order valence-corrected chi connectivity index (χ2v) is 3.63. The Morgan fingerprint density at radius 1 is 1.43 bits per heavy atom. The molecule has 0 atom stereocenters. The van der Waals surface area contributed by atoms with Gasteiger partial charge in [-0.1, -0.05) is 0 Å². The van der Waals surface area contributed by atoms with Gasteiger partial charge in [-0.3, -0.25) is 4.79 Å². The van der Waals surface area contributed by atoms with E-state index in [1.165, 1.54) is 0 Å². The summed E-state index contributed by atoms with van der Waals surface area (Å²) in [5.74, 6) is -2.74. The van der Waals surface area contributed by atoms with E-state index in [-0.39, 0.29) is 18.4 Å². The first-order valence-electron chi connectivity index (χ1n) is 4.44. The van der Waals surface area contributed by atoms with Gasteiger partial charge in [0.25, 0.3) is 11.5 Å². The second kappa shape index (κ2) is 2.87. The Hall–Kier alpha value is -1.26. The summed E-state index contributed by atoms with van der Waals surface area (Å²) in [4.78, 5) is 11.3. The van der Waals surface area contributed by atoms with Crippen LogP contribution >= 0.6 is 0 Å².